The van der Waals surface area contributed by atoms with Gasteiger partial charge in [-0.15, -0.1) is 0 Å². The van der Waals surface area contributed by atoms with Crippen molar-refractivity contribution < 1.29 is 19.6 Å². The number of amides is 1. The standard InChI is InChI=1S/C13H15ClN2O5/c1-13(2,7-12(18)19)6-11(17)15-8-3-4-9(14)10(5-8)16(20)21/h3-5H,6-7H2,1-2H3,(H,15,17)(H,18,19). The van der Waals surface area contributed by atoms with Crippen molar-refractivity contribution >= 4 is 34.9 Å². The van der Waals surface area contributed by atoms with Crippen LogP contribution in [0.4, 0.5) is 11.4 Å². The molecule has 21 heavy (non-hydrogen) atoms. The second-order valence-corrected chi connectivity index (χ2v) is 5.79. The van der Waals surface area contributed by atoms with Gasteiger partial charge in [0.2, 0.25) is 5.91 Å². The van der Waals surface area contributed by atoms with Crippen LogP contribution in [0.1, 0.15) is 26.7 Å². The molecule has 0 aliphatic heterocycles. The number of benzene rings is 1. The van der Waals surface area contributed by atoms with Gasteiger partial charge in [0.15, 0.2) is 0 Å². The number of carbonyl (C=O) groups excluding carboxylic acids is 1. The number of nitro benzene ring substituents is 1. The van der Waals surface area contributed by atoms with Crippen molar-refractivity contribution in [2.24, 2.45) is 5.41 Å². The van der Waals surface area contributed by atoms with E-state index in [1.165, 1.54) is 12.1 Å². The van der Waals surface area contributed by atoms with Gasteiger partial charge in [-0.2, -0.15) is 0 Å². The van der Waals surface area contributed by atoms with E-state index in [2.05, 4.69) is 5.32 Å². The van der Waals surface area contributed by atoms with E-state index in [0.29, 0.717) is 0 Å². The predicted octanol–water partition coefficient (Wildman–Crippen LogP) is 3.08. The molecule has 1 amide bonds. The van der Waals surface area contributed by atoms with Crippen LogP contribution >= 0.6 is 11.6 Å². The minimum atomic E-state index is -0.991. The van der Waals surface area contributed by atoms with Crippen LogP contribution in [0.15, 0.2) is 18.2 Å². The highest BCUT2D eigenvalue weighted by molar-refractivity contribution is 6.32. The molecule has 0 atom stereocenters. The van der Waals surface area contributed by atoms with Gasteiger partial charge >= 0.3 is 5.97 Å². The zero-order valence-corrected chi connectivity index (χ0v) is 12.3. The minimum absolute atomic E-state index is 0.0181. The summed E-state index contributed by atoms with van der Waals surface area (Å²) < 4.78 is 0. The van der Waals surface area contributed by atoms with E-state index in [1.54, 1.807) is 13.8 Å². The third-order valence-corrected chi connectivity index (χ3v) is 3.02. The van der Waals surface area contributed by atoms with Crippen LogP contribution in [0.25, 0.3) is 0 Å². The molecule has 0 saturated carbocycles. The molecule has 0 aliphatic rings. The molecule has 0 spiro atoms. The van der Waals surface area contributed by atoms with E-state index in [-0.39, 0.29) is 29.2 Å². The van der Waals surface area contributed by atoms with Gasteiger partial charge in [-0.3, -0.25) is 19.7 Å². The topological polar surface area (TPSA) is 110 Å². The number of carboxylic acids is 1. The number of nitro groups is 1. The molecule has 1 aromatic carbocycles. The van der Waals surface area contributed by atoms with Gasteiger partial charge in [0.1, 0.15) is 5.02 Å². The molecule has 0 aliphatic carbocycles. The highest BCUT2D eigenvalue weighted by Crippen LogP contribution is 2.29. The molecule has 0 radical (unpaired) electrons. The summed E-state index contributed by atoms with van der Waals surface area (Å²) in [5.41, 5.74) is -0.782. The second kappa shape index (κ2) is 6.53. The number of hydrogen-bond acceptors (Lipinski definition) is 4. The smallest absolute Gasteiger partial charge is 0.303 e. The molecule has 1 aromatic rings. The molecular weight excluding hydrogens is 300 g/mol. The summed E-state index contributed by atoms with van der Waals surface area (Å²) in [6.07, 6.45) is -0.170. The fourth-order valence-electron chi connectivity index (χ4n) is 1.84. The van der Waals surface area contributed by atoms with E-state index >= 15 is 0 Å². The molecule has 8 heteroatoms. The van der Waals surface area contributed by atoms with Crippen LogP contribution in [0.2, 0.25) is 5.02 Å². The van der Waals surface area contributed by atoms with Crippen LogP contribution in [0.3, 0.4) is 0 Å². The molecule has 0 unspecified atom stereocenters. The molecule has 2 N–H and O–H groups in total. The first-order chi connectivity index (χ1) is 9.60. The van der Waals surface area contributed by atoms with E-state index in [4.69, 9.17) is 16.7 Å². The van der Waals surface area contributed by atoms with Crippen LogP contribution in [0.5, 0.6) is 0 Å². The van der Waals surface area contributed by atoms with Crippen molar-refractivity contribution in [1.29, 1.82) is 0 Å². The van der Waals surface area contributed by atoms with Crippen LogP contribution in [-0.4, -0.2) is 21.9 Å². The third-order valence-electron chi connectivity index (χ3n) is 2.70. The van der Waals surface area contributed by atoms with Gasteiger partial charge in [-0.05, 0) is 17.5 Å². The van der Waals surface area contributed by atoms with Gasteiger partial charge in [-0.25, -0.2) is 0 Å². The van der Waals surface area contributed by atoms with Gasteiger partial charge in [0.05, 0.1) is 11.3 Å². The predicted molar refractivity (Wildman–Crippen MR) is 77.4 cm³/mol. The SMILES string of the molecule is CC(C)(CC(=O)O)CC(=O)Nc1ccc(Cl)c([N+](=O)[O-])c1. The lowest BCUT2D eigenvalue weighted by Crippen LogP contribution is -2.24. The molecule has 1 rings (SSSR count). The fraction of sp³-hybridized carbons (Fsp3) is 0.385. The van der Waals surface area contributed by atoms with Crippen LogP contribution in [0, 0.1) is 15.5 Å². The first-order valence-electron chi connectivity index (χ1n) is 6.06. The molecule has 0 bridgehead atoms. The summed E-state index contributed by atoms with van der Waals surface area (Å²) in [6.45, 7) is 3.32. The average molecular weight is 315 g/mol. The molecule has 0 fully saturated rings. The Morgan fingerprint density at radius 2 is 2.00 bits per heavy atom. The molecular formula is C13H15ClN2O5. The number of nitrogens with zero attached hydrogens (tertiary/aromatic N) is 1. The summed E-state index contributed by atoms with van der Waals surface area (Å²) >= 11 is 5.67. The average Bonchev–Trinajstić information content (AvgIpc) is 2.28. The Morgan fingerprint density at radius 3 is 2.52 bits per heavy atom. The number of aliphatic carboxylic acids is 1. The van der Waals surface area contributed by atoms with E-state index < -0.39 is 22.2 Å². The van der Waals surface area contributed by atoms with Crippen molar-refractivity contribution in [3.8, 4) is 0 Å². The van der Waals surface area contributed by atoms with Crippen molar-refractivity contribution in [3.05, 3.63) is 33.3 Å². The third kappa shape index (κ3) is 5.39. The lowest BCUT2D eigenvalue weighted by atomic mass is 9.85. The number of nitrogens with one attached hydrogen (secondary N) is 1. The number of halogens is 1. The van der Waals surface area contributed by atoms with Crippen molar-refractivity contribution in [3.63, 3.8) is 0 Å². The lowest BCUT2D eigenvalue weighted by molar-refractivity contribution is -0.384. The Balaban J connectivity index is 2.78. The zero-order valence-electron chi connectivity index (χ0n) is 11.6. The van der Waals surface area contributed by atoms with E-state index in [1.807, 2.05) is 0 Å². The van der Waals surface area contributed by atoms with Gasteiger partial charge in [-0.1, -0.05) is 25.4 Å². The second-order valence-electron chi connectivity index (χ2n) is 5.38. The number of rotatable bonds is 6. The van der Waals surface area contributed by atoms with Crippen LogP contribution < -0.4 is 5.32 Å². The summed E-state index contributed by atoms with van der Waals surface area (Å²) in [7, 11) is 0. The summed E-state index contributed by atoms with van der Waals surface area (Å²) in [4.78, 5) is 32.7. The Labute approximate surface area is 126 Å². The summed E-state index contributed by atoms with van der Waals surface area (Å²) in [5, 5.41) is 22.0. The van der Waals surface area contributed by atoms with Gasteiger partial charge in [0, 0.05) is 18.2 Å². The molecule has 7 nitrogen and oxygen atoms in total. The highest BCUT2D eigenvalue weighted by atomic mass is 35.5. The van der Waals surface area contributed by atoms with Crippen molar-refractivity contribution in [2.45, 2.75) is 26.7 Å². The summed E-state index contributed by atoms with van der Waals surface area (Å²) in [5.74, 6) is -1.41. The Hall–Kier alpha value is -2.15. The number of carboxylic acid groups (broad SMARTS) is 1. The maximum Gasteiger partial charge on any atom is 0.303 e. The number of carbonyl (C=O) groups is 2. The fourth-order valence-corrected chi connectivity index (χ4v) is 2.03. The van der Waals surface area contributed by atoms with Gasteiger partial charge < -0.3 is 10.4 Å². The number of anilines is 1. The monoisotopic (exact) mass is 314 g/mol. The van der Waals surface area contributed by atoms with Crippen LogP contribution in [-0.2, 0) is 9.59 Å². The van der Waals surface area contributed by atoms with E-state index in [0.717, 1.165) is 6.07 Å². The zero-order chi connectivity index (χ0) is 16.2. The van der Waals surface area contributed by atoms with E-state index in [9.17, 15) is 19.7 Å². The Bertz CT molecular complexity index is 586. The summed E-state index contributed by atoms with van der Waals surface area (Å²) in [6, 6.07) is 3.92. The lowest BCUT2D eigenvalue weighted by Gasteiger charge is -2.21. The largest absolute Gasteiger partial charge is 0.481 e. The molecule has 114 valence electrons. The molecule has 0 aromatic heterocycles. The first-order valence-corrected chi connectivity index (χ1v) is 6.44. The maximum absolute atomic E-state index is 11.9. The van der Waals surface area contributed by atoms with Gasteiger partial charge in [0.25, 0.3) is 5.69 Å². The maximum atomic E-state index is 11.9. The van der Waals surface area contributed by atoms with Crippen molar-refractivity contribution in [1.82, 2.24) is 0 Å². The normalized spacial score (nSPS) is 11.0. The quantitative estimate of drug-likeness (QED) is 0.619. The Morgan fingerprint density at radius 1 is 1.38 bits per heavy atom. The Kier molecular flexibility index (Phi) is 5.26. The number of hydrogen-bond donors (Lipinski definition) is 2. The molecule has 0 saturated heterocycles. The van der Waals surface area contributed by atoms with Crippen molar-refractivity contribution in [2.75, 3.05) is 5.32 Å². The highest BCUT2D eigenvalue weighted by Gasteiger charge is 2.25. The minimum Gasteiger partial charge on any atom is -0.481 e. The molecule has 0 heterocycles. The first kappa shape index (κ1) is 16.9.